The molecule has 0 saturated heterocycles. The minimum absolute atomic E-state index is 0.344. The zero-order valence-corrected chi connectivity index (χ0v) is 18.6. The maximum atomic E-state index is 12.6. The summed E-state index contributed by atoms with van der Waals surface area (Å²) >= 11 is 6.00. The molecule has 4 rings (SSSR count). The van der Waals surface area contributed by atoms with E-state index in [1.807, 2.05) is 24.3 Å². The first-order chi connectivity index (χ1) is 15.3. The second kappa shape index (κ2) is 8.86. The van der Waals surface area contributed by atoms with Gasteiger partial charge in [0, 0.05) is 23.3 Å². The van der Waals surface area contributed by atoms with E-state index in [4.69, 9.17) is 11.6 Å². The summed E-state index contributed by atoms with van der Waals surface area (Å²) in [6.07, 6.45) is 1.51. The number of hydrogen-bond donors (Lipinski definition) is 2. The van der Waals surface area contributed by atoms with Gasteiger partial charge in [-0.1, -0.05) is 41.9 Å². The van der Waals surface area contributed by atoms with E-state index >= 15 is 0 Å². The monoisotopic (exact) mass is 466 g/mol. The standard InChI is InChI=1S/C23H19ClN4O3S/c1-28-21-12-9-18(24)15-20(21)25-23(28)26-22(29)17-7-10-19(11-8-17)27-32(30,31)14-13-16-5-3-2-4-6-16/h2-15,27H,1H3,(H,25,26,29)/b14-13+. The largest absolute Gasteiger partial charge is 0.313 e. The number of nitrogens with one attached hydrogen (secondary N) is 2. The Balaban J connectivity index is 1.45. The third kappa shape index (κ3) is 4.99. The van der Waals surface area contributed by atoms with Gasteiger partial charge in [0.1, 0.15) is 0 Å². The number of nitrogens with zero attached hydrogens (tertiary/aromatic N) is 2. The number of fused-ring (bicyclic) bond motifs is 1. The van der Waals surface area contributed by atoms with Crippen LogP contribution in [0, 0.1) is 0 Å². The van der Waals surface area contributed by atoms with Crippen LogP contribution in [-0.4, -0.2) is 23.9 Å². The van der Waals surface area contributed by atoms with Gasteiger partial charge in [-0.05, 0) is 54.1 Å². The Morgan fingerprint density at radius 2 is 1.75 bits per heavy atom. The van der Waals surface area contributed by atoms with Crippen molar-refractivity contribution in [1.82, 2.24) is 9.55 Å². The van der Waals surface area contributed by atoms with E-state index in [0.29, 0.717) is 27.7 Å². The average molecular weight is 467 g/mol. The van der Waals surface area contributed by atoms with E-state index in [1.54, 1.807) is 35.9 Å². The predicted molar refractivity (Wildman–Crippen MR) is 128 cm³/mol. The van der Waals surface area contributed by atoms with Crippen LogP contribution in [0.2, 0.25) is 5.02 Å². The molecule has 1 heterocycles. The van der Waals surface area contributed by atoms with Crippen molar-refractivity contribution in [3.63, 3.8) is 0 Å². The lowest BCUT2D eigenvalue weighted by Gasteiger charge is -2.07. The summed E-state index contributed by atoms with van der Waals surface area (Å²) in [6.45, 7) is 0. The number of carbonyl (C=O) groups is 1. The zero-order chi connectivity index (χ0) is 22.7. The van der Waals surface area contributed by atoms with Gasteiger partial charge < -0.3 is 4.57 Å². The first kappa shape index (κ1) is 21.6. The summed E-state index contributed by atoms with van der Waals surface area (Å²) in [5.41, 5.74) is 2.98. The number of imidazole rings is 1. The number of carbonyl (C=O) groups excluding carboxylic acids is 1. The fraction of sp³-hybridized carbons (Fsp3) is 0.0435. The molecule has 1 amide bonds. The highest BCUT2D eigenvalue weighted by molar-refractivity contribution is 7.95. The lowest BCUT2D eigenvalue weighted by molar-refractivity contribution is 0.102. The molecule has 0 aliphatic heterocycles. The molecule has 0 spiro atoms. The zero-order valence-electron chi connectivity index (χ0n) is 17.0. The minimum atomic E-state index is -3.69. The van der Waals surface area contributed by atoms with Crippen molar-refractivity contribution in [3.8, 4) is 0 Å². The van der Waals surface area contributed by atoms with Crippen LogP contribution in [0.4, 0.5) is 11.6 Å². The lowest BCUT2D eigenvalue weighted by Crippen LogP contribution is -2.15. The molecule has 0 aliphatic carbocycles. The number of rotatable bonds is 6. The molecule has 4 aromatic rings. The van der Waals surface area contributed by atoms with Crippen molar-refractivity contribution >= 4 is 56.3 Å². The van der Waals surface area contributed by atoms with Gasteiger partial charge in [0.15, 0.2) is 0 Å². The predicted octanol–water partition coefficient (Wildman–Crippen LogP) is 4.89. The van der Waals surface area contributed by atoms with Gasteiger partial charge in [-0.2, -0.15) is 0 Å². The number of benzene rings is 3. The second-order valence-electron chi connectivity index (χ2n) is 7.02. The molecular formula is C23H19ClN4O3S. The highest BCUT2D eigenvalue weighted by Gasteiger charge is 2.13. The topological polar surface area (TPSA) is 93.1 Å². The van der Waals surface area contributed by atoms with Crippen LogP contribution in [0.15, 0.2) is 78.2 Å². The van der Waals surface area contributed by atoms with Crippen LogP contribution < -0.4 is 10.0 Å². The molecule has 0 fully saturated rings. The van der Waals surface area contributed by atoms with E-state index in [1.165, 1.54) is 30.3 Å². The maximum absolute atomic E-state index is 12.6. The molecule has 0 atom stereocenters. The van der Waals surface area contributed by atoms with Gasteiger partial charge in [-0.3, -0.25) is 14.8 Å². The molecule has 0 radical (unpaired) electrons. The molecule has 1 aromatic heterocycles. The van der Waals surface area contributed by atoms with E-state index in [2.05, 4.69) is 15.0 Å². The second-order valence-corrected chi connectivity index (χ2v) is 9.02. The van der Waals surface area contributed by atoms with Crippen molar-refractivity contribution in [2.45, 2.75) is 0 Å². The van der Waals surface area contributed by atoms with Crippen LogP contribution in [0.1, 0.15) is 15.9 Å². The van der Waals surface area contributed by atoms with Crippen molar-refractivity contribution in [2.24, 2.45) is 7.05 Å². The van der Waals surface area contributed by atoms with Crippen molar-refractivity contribution in [1.29, 1.82) is 0 Å². The number of hydrogen-bond acceptors (Lipinski definition) is 4. The Labute approximate surface area is 190 Å². The van der Waals surface area contributed by atoms with E-state index in [9.17, 15) is 13.2 Å². The van der Waals surface area contributed by atoms with Gasteiger partial charge in [0.05, 0.1) is 16.4 Å². The maximum Gasteiger partial charge on any atom is 0.257 e. The smallest absolute Gasteiger partial charge is 0.257 e. The number of amides is 1. The Hall–Kier alpha value is -3.62. The molecular weight excluding hydrogens is 448 g/mol. The molecule has 0 unspecified atom stereocenters. The number of sulfonamides is 1. The van der Waals surface area contributed by atoms with Crippen LogP contribution in [0.5, 0.6) is 0 Å². The van der Waals surface area contributed by atoms with Gasteiger partial charge in [0.25, 0.3) is 15.9 Å². The summed E-state index contributed by atoms with van der Waals surface area (Å²) in [7, 11) is -1.90. The van der Waals surface area contributed by atoms with Crippen molar-refractivity contribution in [2.75, 3.05) is 10.0 Å². The van der Waals surface area contributed by atoms with Gasteiger partial charge in [0.2, 0.25) is 5.95 Å². The number of anilines is 2. The summed E-state index contributed by atoms with van der Waals surface area (Å²) in [5, 5.41) is 4.42. The minimum Gasteiger partial charge on any atom is -0.313 e. The van der Waals surface area contributed by atoms with Crippen molar-refractivity contribution < 1.29 is 13.2 Å². The van der Waals surface area contributed by atoms with Crippen molar-refractivity contribution in [3.05, 3.63) is 94.4 Å². The van der Waals surface area contributed by atoms with Gasteiger partial charge >= 0.3 is 0 Å². The summed E-state index contributed by atoms with van der Waals surface area (Å²) < 4.78 is 28.8. The Morgan fingerprint density at radius 1 is 1.03 bits per heavy atom. The number of aromatic nitrogens is 2. The Morgan fingerprint density at radius 3 is 2.47 bits per heavy atom. The molecule has 7 nitrogen and oxygen atoms in total. The van der Waals surface area contributed by atoms with Crippen LogP contribution in [0.3, 0.4) is 0 Å². The SMILES string of the molecule is Cn1c(NC(=O)c2ccc(NS(=O)(=O)/C=C/c3ccccc3)cc2)nc2cc(Cl)ccc21. The Bertz CT molecular complexity index is 1410. The fourth-order valence-corrected chi connectivity index (χ4v) is 4.11. The Kier molecular flexibility index (Phi) is 5.98. The fourth-order valence-electron chi connectivity index (χ4n) is 3.08. The molecule has 32 heavy (non-hydrogen) atoms. The third-order valence-corrected chi connectivity index (χ3v) is 5.96. The summed E-state index contributed by atoms with van der Waals surface area (Å²) in [6, 6.07) is 20.5. The number of aryl methyl sites for hydroxylation is 1. The molecule has 0 aliphatic rings. The molecule has 2 N–H and O–H groups in total. The van der Waals surface area contributed by atoms with E-state index in [-0.39, 0.29) is 5.91 Å². The van der Waals surface area contributed by atoms with Gasteiger partial charge in [-0.15, -0.1) is 0 Å². The molecule has 9 heteroatoms. The molecule has 0 bridgehead atoms. The lowest BCUT2D eigenvalue weighted by atomic mass is 10.2. The normalized spacial score (nSPS) is 11.7. The molecule has 162 valence electrons. The molecule has 3 aromatic carbocycles. The summed E-state index contributed by atoms with van der Waals surface area (Å²) in [5.74, 6) is 0.0102. The number of halogens is 1. The average Bonchev–Trinajstić information content (AvgIpc) is 3.07. The van der Waals surface area contributed by atoms with Gasteiger partial charge in [-0.25, -0.2) is 13.4 Å². The van der Waals surface area contributed by atoms with Crippen LogP contribution in [0.25, 0.3) is 17.1 Å². The van der Waals surface area contributed by atoms with E-state index in [0.717, 1.165) is 16.5 Å². The summed E-state index contributed by atoms with van der Waals surface area (Å²) in [4.78, 5) is 17.0. The van der Waals surface area contributed by atoms with Crippen LogP contribution in [-0.2, 0) is 17.1 Å². The third-order valence-electron chi connectivity index (χ3n) is 4.71. The van der Waals surface area contributed by atoms with Crippen LogP contribution >= 0.6 is 11.6 Å². The quantitative estimate of drug-likeness (QED) is 0.423. The first-order valence-corrected chi connectivity index (χ1v) is 11.5. The first-order valence-electron chi connectivity index (χ1n) is 9.60. The highest BCUT2D eigenvalue weighted by atomic mass is 35.5. The molecule has 0 saturated carbocycles. The highest BCUT2D eigenvalue weighted by Crippen LogP contribution is 2.22. The van der Waals surface area contributed by atoms with E-state index < -0.39 is 10.0 Å².